The van der Waals surface area contributed by atoms with E-state index >= 15 is 0 Å². The number of nitriles is 1. The van der Waals surface area contributed by atoms with Crippen LogP contribution in [0, 0.1) is 11.3 Å². The molecule has 4 rings (SSSR count). The van der Waals surface area contributed by atoms with Gasteiger partial charge in [0.25, 0.3) is 11.5 Å². The van der Waals surface area contributed by atoms with Crippen molar-refractivity contribution in [2.75, 3.05) is 6.26 Å². The number of sulfone groups is 1. The molecule has 0 bridgehead atoms. The SMILES string of the molecule is CS(=O)(=O)c1ccc(CNC(=O)c2nc3ccccc3n(-c3cccc(C#N)c3)c2=O)cc1. The van der Waals surface area contributed by atoms with Crippen LogP contribution in [0.1, 0.15) is 21.6 Å². The summed E-state index contributed by atoms with van der Waals surface area (Å²) in [7, 11) is -3.32. The van der Waals surface area contributed by atoms with E-state index in [1.807, 2.05) is 6.07 Å². The number of hydrogen-bond donors (Lipinski definition) is 1. The van der Waals surface area contributed by atoms with E-state index in [0.29, 0.717) is 27.8 Å². The third kappa shape index (κ3) is 4.51. The first-order chi connectivity index (χ1) is 15.8. The fraction of sp³-hybridized carbons (Fsp3) is 0.0833. The molecule has 0 atom stereocenters. The Bertz CT molecular complexity index is 1580. The Hall–Kier alpha value is -4.29. The predicted octanol–water partition coefficient (Wildman–Crippen LogP) is 2.59. The largest absolute Gasteiger partial charge is 0.346 e. The average molecular weight is 458 g/mol. The Morgan fingerprint density at radius 3 is 2.48 bits per heavy atom. The van der Waals surface area contributed by atoms with Gasteiger partial charge in [-0.25, -0.2) is 13.4 Å². The van der Waals surface area contributed by atoms with Gasteiger partial charge in [0.15, 0.2) is 15.5 Å². The molecule has 0 aliphatic rings. The van der Waals surface area contributed by atoms with Crippen LogP contribution < -0.4 is 10.9 Å². The molecule has 1 aromatic heterocycles. The van der Waals surface area contributed by atoms with Crippen molar-refractivity contribution in [3.8, 4) is 11.8 Å². The lowest BCUT2D eigenvalue weighted by Crippen LogP contribution is -2.34. The summed E-state index contributed by atoms with van der Waals surface area (Å²) in [6.45, 7) is 0.0841. The number of benzene rings is 3. The molecular formula is C24H18N4O4S. The number of rotatable bonds is 5. The second kappa shape index (κ2) is 8.68. The van der Waals surface area contributed by atoms with Crippen molar-refractivity contribution in [2.45, 2.75) is 11.4 Å². The summed E-state index contributed by atoms with van der Waals surface area (Å²) in [5.41, 5.74) is 1.54. The first-order valence-electron chi connectivity index (χ1n) is 9.87. The zero-order valence-corrected chi connectivity index (χ0v) is 18.3. The van der Waals surface area contributed by atoms with Crippen molar-refractivity contribution in [3.05, 3.63) is 100.0 Å². The van der Waals surface area contributed by atoms with E-state index in [4.69, 9.17) is 0 Å². The Labute approximate surface area is 189 Å². The highest BCUT2D eigenvalue weighted by Crippen LogP contribution is 2.17. The van der Waals surface area contributed by atoms with Gasteiger partial charge in [0.2, 0.25) is 0 Å². The maximum atomic E-state index is 13.3. The minimum absolute atomic E-state index is 0.0841. The minimum atomic E-state index is -3.32. The van der Waals surface area contributed by atoms with Crippen LogP contribution in [0.4, 0.5) is 0 Å². The van der Waals surface area contributed by atoms with Crippen LogP contribution in [-0.4, -0.2) is 30.1 Å². The van der Waals surface area contributed by atoms with Crippen molar-refractivity contribution in [3.63, 3.8) is 0 Å². The van der Waals surface area contributed by atoms with Crippen molar-refractivity contribution in [1.29, 1.82) is 5.26 Å². The molecule has 0 aliphatic carbocycles. The van der Waals surface area contributed by atoms with Gasteiger partial charge in [0.05, 0.1) is 33.2 Å². The van der Waals surface area contributed by atoms with Crippen molar-refractivity contribution in [2.24, 2.45) is 0 Å². The minimum Gasteiger partial charge on any atom is -0.346 e. The Morgan fingerprint density at radius 2 is 1.79 bits per heavy atom. The van der Waals surface area contributed by atoms with Crippen LogP contribution in [0.15, 0.2) is 82.5 Å². The van der Waals surface area contributed by atoms with Gasteiger partial charge in [-0.3, -0.25) is 14.2 Å². The number of fused-ring (bicyclic) bond motifs is 1. The van der Waals surface area contributed by atoms with Gasteiger partial charge >= 0.3 is 0 Å². The van der Waals surface area contributed by atoms with Gasteiger partial charge in [-0.15, -0.1) is 0 Å². The van der Waals surface area contributed by atoms with Crippen molar-refractivity contribution < 1.29 is 13.2 Å². The van der Waals surface area contributed by atoms with Gasteiger partial charge in [0, 0.05) is 12.8 Å². The van der Waals surface area contributed by atoms with Crippen LogP contribution in [0.3, 0.4) is 0 Å². The lowest BCUT2D eigenvalue weighted by molar-refractivity contribution is 0.0944. The maximum Gasteiger partial charge on any atom is 0.287 e. The number of carbonyl (C=O) groups is 1. The fourth-order valence-electron chi connectivity index (χ4n) is 3.37. The average Bonchev–Trinajstić information content (AvgIpc) is 2.82. The molecule has 0 fully saturated rings. The molecule has 8 nitrogen and oxygen atoms in total. The van der Waals surface area contributed by atoms with E-state index in [1.165, 1.54) is 16.7 Å². The van der Waals surface area contributed by atoms with Gasteiger partial charge in [-0.1, -0.05) is 30.3 Å². The number of para-hydroxylation sites is 2. The van der Waals surface area contributed by atoms with Crippen LogP contribution >= 0.6 is 0 Å². The van der Waals surface area contributed by atoms with Gasteiger partial charge < -0.3 is 5.32 Å². The highest BCUT2D eigenvalue weighted by molar-refractivity contribution is 7.90. The van der Waals surface area contributed by atoms with Crippen LogP contribution in [-0.2, 0) is 16.4 Å². The summed E-state index contributed by atoms with van der Waals surface area (Å²) in [5, 5.41) is 11.9. The second-order valence-corrected chi connectivity index (χ2v) is 9.37. The topological polar surface area (TPSA) is 122 Å². The molecule has 3 aromatic carbocycles. The lowest BCUT2D eigenvalue weighted by atomic mass is 10.2. The highest BCUT2D eigenvalue weighted by Gasteiger charge is 2.18. The van der Waals surface area contributed by atoms with E-state index < -0.39 is 21.3 Å². The van der Waals surface area contributed by atoms with E-state index in [0.717, 1.165) is 6.26 Å². The summed E-state index contributed by atoms with van der Waals surface area (Å²) in [5.74, 6) is -0.664. The monoisotopic (exact) mass is 458 g/mol. The summed E-state index contributed by atoms with van der Waals surface area (Å²) in [6.07, 6.45) is 1.12. The predicted molar refractivity (Wildman–Crippen MR) is 123 cm³/mol. The molecule has 1 amide bonds. The first-order valence-corrected chi connectivity index (χ1v) is 11.8. The van der Waals surface area contributed by atoms with E-state index in [2.05, 4.69) is 10.3 Å². The number of carbonyl (C=O) groups excluding carboxylic acids is 1. The van der Waals surface area contributed by atoms with Crippen LogP contribution in [0.2, 0.25) is 0 Å². The summed E-state index contributed by atoms with van der Waals surface area (Å²) < 4.78 is 24.6. The van der Waals surface area contributed by atoms with Crippen molar-refractivity contribution in [1.82, 2.24) is 14.9 Å². The number of nitrogens with zero attached hydrogens (tertiary/aromatic N) is 3. The van der Waals surface area contributed by atoms with E-state index in [1.54, 1.807) is 60.7 Å². The number of nitrogens with one attached hydrogen (secondary N) is 1. The fourth-order valence-corrected chi connectivity index (χ4v) is 4.00. The molecule has 33 heavy (non-hydrogen) atoms. The number of aromatic nitrogens is 2. The molecule has 0 saturated heterocycles. The van der Waals surface area contributed by atoms with Crippen molar-refractivity contribution >= 4 is 26.8 Å². The van der Waals surface area contributed by atoms with Gasteiger partial charge in [0.1, 0.15) is 0 Å². The summed E-state index contributed by atoms with van der Waals surface area (Å²) in [6, 6.07) is 21.6. The van der Waals surface area contributed by atoms with Crippen LogP contribution in [0.25, 0.3) is 16.7 Å². The molecule has 0 radical (unpaired) electrons. The number of hydrogen-bond acceptors (Lipinski definition) is 6. The first kappa shape index (κ1) is 21.9. The third-order valence-electron chi connectivity index (χ3n) is 5.01. The Morgan fingerprint density at radius 1 is 1.06 bits per heavy atom. The number of amides is 1. The second-order valence-electron chi connectivity index (χ2n) is 7.35. The Kier molecular flexibility index (Phi) is 5.77. The van der Waals surface area contributed by atoms with Gasteiger partial charge in [-0.05, 0) is 48.0 Å². The molecule has 0 spiro atoms. The standard InChI is InChI=1S/C24H18N4O4S/c1-33(31,32)19-11-9-16(10-12-19)15-26-23(29)22-24(30)28(18-6-4-5-17(13-18)14-25)21-8-3-2-7-20(21)27-22/h2-13H,15H2,1H3,(H,26,29). The van der Waals surface area contributed by atoms with Gasteiger partial charge in [-0.2, -0.15) is 5.26 Å². The normalized spacial score (nSPS) is 11.2. The molecular weight excluding hydrogens is 440 g/mol. The Balaban J connectivity index is 1.71. The maximum absolute atomic E-state index is 13.3. The van der Waals surface area contributed by atoms with Crippen LogP contribution in [0.5, 0.6) is 0 Å². The van der Waals surface area contributed by atoms with E-state index in [9.17, 15) is 23.3 Å². The zero-order valence-electron chi connectivity index (χ0n) is 17.5. The molecule has 9 heteroatoms. The summed E-state index contributed by atoms with van der Waals surface area (Å²) in [4.78, 5) is 30.6. The zero-order chi connectivity index (χ0) is 23.6. The molecule has 1 heterocycles. The molecule has 4 aromatic rings. The molecule has 164 valence electrons. The molecule has 0 saturated carbocycles. The molecule has 0 aliphatic heterocycles. The van der Waals surface area contributed by atoms with E-state index in [-0.39, 0.29) is 17.1 Å². The summed E-state index contributed by atoms with van der Waals surface area (Å²) >= 11 is 0. The quantitative estimate of drug-likeness (QED) is 0.491. The lowest BCUT2D eigenvalue weighted by Gasteiger charge is -2.13. The third-order valence-corrected chi connectivity index (χ3v) is 6.14. The molecule has 0 unspecified atom stereocenters. The smallest absolute Gasteiger partial charge is 0.287 e. The molecule has 1 N–H and O–H groups in total. The highest BCUT2D eigenvalue weighted by atomic mass is 32.2.